The molecule has 0 aliphatic heterocycles. The van der Waals surface area contributed by atoms with Crippen molar-refractivity contribution in [1.82, 2.24) is 29.5 Å². The highest BCUT2D eigenvalue weighted by Crippen LogP contribution is 2.47. The Morgan fingerprint density at radius 1 is 1.20 bits per heavy atom. The molecule has 1 unspecified atom stereocenters. The Labute approximate surface area is 230 Å². The van der Waals surface area contributed by atoms with E-state index in [1.165, 1.54) is 19.6 Å². The summed E-state index contributed by atoms with van der Waals surface area (Å²) in [6, 6.07) is 12.9. The van der Waals surface area contributed by atoms with Gasteiger partial charge in [-0.1, -0.05) is 36.4 Å². The molecule has 0 saturated heterocycles. The van der Waals surface area contributed by atoms with E-state index >= 15 is 0 Å². The molecule has 0 aliphatic carbocycles. The molecule has 4 rings (SSSR count). The van der Waals surface area contributed by atoms with Crippen LogP contribution in [0.2, 0.25) is 0 Å². The van der Waals surface area contributed by atoms with Gasteiger partial charge in [0, 0.05) is 19.5 Å². The molecule has 4 aromatic rings. The molecule has 2 aromatic heterocycles. The first kappa shape index (κ1) is 29.1. The van der Waals surface area contributed by atoms with E-state index in [0.717, 1.165) is 10.8 Å². The molecule has 0 bridgehead atoms. The minimum Gasteiger partial charge on any atom is -0.413 e. The predicted molar refractivity (Wildman–Crippen MR) is 152 cm³/mol. The van der Waals surface area contributed by atoms with E-state index in [1.807, 2.05) is 30.3 Å². The van der Waals surface area contributed by atoms with Crippen LogP contribution in [0.1, 0.15) is 20.8 Å². The molecule has 0 spiro atoms. The Balaban J connectivity index is 1.45. The number of rotatable bonds is 13. The molecule has 212 valence electrons. The number of H-pyrrole nitrogens is 1. The molecule has 40 heavy (non-hydrogen) atoms. The fourth-order valence-electron chi connectivity index (χ4n) is 3.55. The SMILES string of the molecule is CC(=O)C(C)(C)NP(=O)(OCCOCn1cnc2c(=O)[nH]c(N=CN(C)C)nc21)Oc1cccc2ccccc12. The van der Waals surface area contributed by atoms with Gasteiger partial charge in [0.1, 0.15) is 18.3 Å². The van der Waals surface area contributed by atoms with Crippen molar-refractivity contribution >= 4 is 47.8 Å². The zero-order valence-electron chi connectivity index (χ0n) is 23.0. The molecule has 1 atom stereocenters. The van der Waals surface area contributed by atoms with E-state index in [0.29, 0.717) is 11.4 Å². The van der Waals surface area contributed by atoms with Crippen molar-refractivity contribution in [2.45, 2.75) is 33.0 Å². The van der Waals surface area contributed by atoms with Crippen LogP contribution < -0.4 is 15.2 Å². The van der Waals surface area contributed by atoms with Gasteiger partial charge in [0.2, 0.25) is 5.95 Å². The largest absolute Gasteiger partial charge is 0.459 e. The average molecular weight is 570 g/mol. The second-order valence-corrected chi connectivity index (χ2v) is 11.4. The van der Waals surface area contributed by atoms with E-state index < -0.39 is 18.8 Å². The van der Waals surface area contributed by atoms with Crippen LogP contribution in [-0.2, 0) is 25.4 Å². The van der Waals surface area contributed by atoms with Crippen LogP contribution in [0.3, 0.4) is 0 Å². The molecule has 0 radical (unpaired) electrons. The number of benzene rings is 2. The number of aromatic nitrogens is 4. The minimum atomic E-state index is -4.04. The van der Waals surface area contributed by atoms with Crippen molar-refractivity contribution in [1.29, 1.82) is 0 Å². The third-order valence-corrected chi connectivity index (χ3v) is 7.65. The second-order valence-electron chi connectivity index (χ2n) is 9.71. The van der Waals surface area contributed by atoms with Crippen LogP contribution in [0.4, 0.5) is 5.95 Å². The summed E-state index contributed by atoms with van der Waals surface area (Å²) in [6.07, 6.45) is 2.94. The van der Waals surface area contributed by atoms with Gasteiger partial charge in [-0.05, 0) is 32.2 Å². The molecule has 0 aliphatic rings. The molecule has 2 N–H and O–H groups in total. The molecular weight excluding hydrogens is 537 g/mol. The first-order valence-corrected chi connectivity index (χ1v) is 14.0. The summed E-state index contributed by atoms with van der Waals surface area (Å²) >= 11 is 0. The average Bonchev–Trinajstić information content (AvgIpc) is 3.30. The lowest BCUT2D eigenvalue weighted by Gasteiger charge is -2.29. The van der Waals surface area contributed by atoms with Gasteiger partial charge in [-0.2, -0.15) is 10.1 Å². The lowest BCUT2D eigenvalue weighted by atomic mass is 10.0. The summed E-state index contributed by atoms with van der Waals surface area (Å²) in [6.45, 7) is 4.48. The number of hydrogen-bond acceptors (Lipinski definition) is 9. The lowest BCUT2D eigenvalue weighted by Crippen LogP contribution is -2.44. The molecule has 0 amide bonds. The Morgan fingerprint density at radius 3 is 2.70 bits per heavy atom. The molecule has 0 fully saturated rings. The van der Waals surface area contributed by atoms with Crippen LogP contribution in [-0.4, -0.2) is 69.4 Å². The summed E-state index contributed by atoms with van der Waals surface area (Å²) < 4.78 is 32.7. The van der Waals surface area contributed by atoms with Gasteiger partial charge in [0.15, 0.2) is 11.2 Å². The summed E-state index contributed by atoms with van der Waals surface area (Å²) in [5.41, 5.74) is -1.16. The fraction of sp³-hybridized carbons (Fsp3) is 0.346. The normalized spacial score (nSPS) is 13.6. The number of nitrogens with one attached hydrogen (secondary N) is 2. The maximum atomic E-state index is 13.9. The quantitative estimate of drug-likeness (QED) is 0.106. The summed E-state index contributed by atoms with van der Waals surface area (Å²) in [4.78, 5) is 41.4. The van der Waals surface area contributed by atoms with E-state index in [9.17, 15) is 14.2 Å². The molecule has 14 heteroatoms. The maximum Gasteiger partial charge on any atom is 0.459 e. The molecule has 2 aromatic carbocycles. The van der Waals surface area contributed by atoms with Crippen LogP contribution in [0.25, 0.3) is 21.9 Å². The van der Waals surface area contributed by atoms with Gasteiger partial charge in [-0.15, -0.1) is 0 Å². The number of Topliss-reactive ketones (excluding diaryl/α,β-unsaturated/α-hetero) is 1. The van der Waals surface area contributed by atoms with Crippen LogP contribution in [0.15, 0.2) is 58.6 Å². The van der Waals surface area contributed by atoms with E-state index in [-0.39, 0.29) is 37.2 Å². The van der Waals surface area contributed by atoms with Crippen molar-refractivity contribution < 1.29 is 23.1 Å². The summed E-state index contributed by atoms with van der Waals surface area (Å²) in [5, 5.41) is 4.41. The van der Waals surface area contributed by atoms with Gasteiger partial charge in [-0.25, -0.2) is 14.5 Å². The monoisotopic (exact) mass is 569 g/mol. The van der Waals surface area contributed by atoms with Crippen molar-refractivity contribution in [3.63, 3.8) is 0 Å². The number of fused-ring (bicyclic) bond motifs is 2. The van der Waals surface area contributed by atoms with E-state index in [1.54, 1.807) is 49.5 Å². The fourth-order valence-corrected chi connectivity index (χ4v) is 5.29. The van der Waals surface area contributed by atoms with Crippen molar-refractivity contribution in [3.05, 3.63) is 59.1 Å². The number of imidazole rings is 1. The number of carbonyl (C=O) groups is 1. The van der Waals surface area contributed by atoms with Gasteiger partial charge >= 0.3 is 7.75 Å². The van der Waals surface area contributed by atoms with Crippen LogP contribution in [0.5, 0.6) is 5.75 Å². The van der Waals surface area contributed by atoms with E-state index in [2.05, 4.69) is 25.0 Å². The van der Waals surface area contributed by atoms with Crippen LogP contribution >= 0.6 is 7.75 Å². The number of aromatic amines is 1. The van der Waals surface area contributed by atoms with Gasteiger partial charge in [0.05, 0.1) is 31.4 Å². The Morgan fingerprint density at radius 2 is 1.95 bits per heavy atom. The standard InChI is InChI=1S/C26H32N7O6P/c1-18(34)26(2,3)31-40(36,39-21-12-8-10-19-9-6-7-11-20(19)21)38-14-13-37-17-33-16-27-22-23(33)29-25(30-24(22)35)28-15-32(4)5/h6-12,15-16H,13-14,17H2,1-5H3,(H,31,36)(H,29,30,35). The van der Waals surface area contributed by atoms with Crippen molar-refractivity contribution in [2.24, 2.45) is 4.99 Å². The smallest absolute Gasteiger partial charge is 0.413 e. The van der Waals surface area contributed by atoms with Crippen LogP contribution in [0, 0.1) is 0 Å². The number of nitrogens with zero attached hydrogens (tertiary/aromatic N) is 5. The first-order chi connectivity index (χ1) is 19.0. The van der Waals surface area contributed by atoms with Crippen molar-refractivity contribution in [2.75, 3.05) is 27.3 Å². The third kappa shape index (κ3) is 6.99. The number of ketones is 1. The highest BCUT2D eigenvalue weighted by molar-refractivity contribution is 7.52. The third-order valence-electron chi connectivity index (χ3n) is 5.86. The topological polar surface area (TPSA) is 153 Å². The molecular formula is C26H32N7O6P. The van der Waals surface area contributed by atoms with Gasteiger partial charge in [0.25, 0.3) is 5.56 Å². The number of carbonyl (C=O) groups excluding carboxylic acids is 1. The zero-order chi connectivity index (χ0) is 28.9. The molecule has 0 saturated carbocycles. The first-order valence-electron chi connectivity index (χ1n) is 12.4. The predicted octanol–water partition coefficient (Wildman–Crippen LogP) is 3.63. The minimum absolute atomic E-state index is 0.00596. The maximum absolute atomic E-state index is 13.9. The Hall–Kier alpha value is -3.90. The van der Waals surface area contributed by atoms with Crippen molar-refractivity contribution in [3.8, 4) is 5.75 Å². The van der Waals surface area contributed by atoms with E-state index in [4.69, 9.17) is 13.8 Å². The zero-order valence-corrected chi connectivity index (χ0v) is 23.8. The highest BCUT2D eigenvalue weighted by atomic mass is 31.2. The second kappa shape index (κ2) is 12.1. The summed E-state index contributed by atoms with van der Waals surface area (Å²) in [5.74, 6) is 0.239. The number of aliphatic imine (C=N–C) groups is 1. The Kier molecular flexibility index (Phi) is 8.79. The number of hydrogen-bond donors (Lipinski definition) is 2. The Bertz CT molecular complexity index is 1640. The summed E-state index contributed by atoms with van der Waals surface area (Å²) in [7, 11) is -0.448. The van der Waals surface area contributed by atoms with Gasteiger partial charge in [-0.3, -0.25) is 23.7 Å². The van der Waals surface area contributed by atoms with Gasteiger partial charge < -0.3 is 14.2 Å². The highest BCUT2D eigenvalue weighted by Gasteiger charge is 2.37. The lowest BCUT2D eigenvalue weighted by molar-refractivity contribution is -0.121. The number of ether oxygens (including phenoxy) is 1. The molecule has 13 nitrogen and oxygen atoms in total. The molecule has 2 heterocycles.